The van der Waals surface area contributed by atoms with E-state index < -0.39 is 6.36 Å². The molecule has 0 fully saturated rings. The van der Waals surface area contributed by atoms with Crippen LogP contribution in [-0.4, -0.2) is 29.1 Å². The maximum absolute atomic E-state index is 12.3. The predicted molar refractivity (Wildman–Crippen MR) is 133 cm³/mol. The third-order valence-corrected chi connectivity index (χ3v) is 5.86. The third kappa shape index (κ3) is 9.44. The molecule has 3 aromatic rings. The molecule has 0 spiro atoms. The molecule has 0 aliphatic heterocycles. The van der Waals surface area contributed by atoms with Crippen LogP contribution in [0, 0.1) is 5.92 Å². The number of nitrogens with zero attached hydrogens (tertiary/aromatic N) is 2. The number of aromatic nitrogens is 2. The lowest BCUT2D eigenvalue weighted by atomic mass is 10.0. The molecule has 0 aliphatic rings. The fourth-order valence-corrected chi connectivity index (χ4v) is 3.80. The Labute approximate surface area is 214 Å². The van der Waals surface area contributed by atoms with Crippen LogP contribution in [0.4, 0.5) is 24.9 Å². The van der Waals surface area contributed by atoms with Crippen molar-refractivity contribution >= 4 is 17.7 Å². The number of carbonyl (C=O) groups is 1. The van der Waals surface area contributed by atoms with E-state index in [1.54, 1.807) is 0 Å². The van der Waals surface area contributed by atoms with Crippen LogP contribution in [0.15, 0.2) is 52.9 Å². The van der Waals surface area contributed by atoms with Gasteiger partial charge in [0.25, 0.3) is 0 Å². The number of unbranched alkanes of at least 4 members (excludes halogenated alkanes) is 1. The SMILES string of the molecule is CCCCC(CC)COC(=O)CCCc1ccccc1-c1nnc(Nc2ccc(OC(F)(F)F)cc2)o1. The highest BCUT2D eigenvalue weighted by atomic mass is 19.4. The molecule has 200 valence electrons. The average Bonchev–Trinajstić information content (AvgIpc) is 3.33. The van der Waals surface area contributed by atoms with Crippen LogP contribution in [0.3, 0.4) is 0 Å². The summed E-state index contributed by atoms with van der Waals surface area (Å²) in [5, 5.41) is 10.9. The molecule has 1 N–H and O–H groups in total. The number of alkyl halides is 3. The lowest BCUT2D eigenvalue weighted by Gasteiger charge is -2.14. The quantitative estimate of drug-likeness (QED) is 0.221. The van der Waals surface area contributed by atoms with Gasteiger partial charge in [0.2, 0.25) is 5.89 Å². The molecule has 0 bridgehead atoms. The average molecular weight is 520 g/mol. The molecular formula is C27H32F3N3O4. The van der Waals surface area contributed by atoms with Gasteiger partial charge in [0.15, 0.2) is 0 Å². The summed E-state index contributed by atoms with van der Waals surface area (Å²) in [4.78, 5) is 12.2. The minimum Gasteiger partial charge on any atom is -0.465 e. The van der Waals surface area contributed by atoms with E-state index in [-0.39, 0.29) is 17.7 Å². The zero-order valence-corrected chi connectivity index (χ0v) is 21.0. The van der Waals surface area contributed by atoms with Gasteiger partial charge in [-0.15, -0.1) is 18.3 Å². The molecule has 1 unspecified atom stereocenters. The van der Waals surface area contributed by atoms with Gasteiger partial charge in [-0.1, -0.05) is 56.4 Å². The fourth-order valence-electron chi connectivity index (χ4n) is 3.80. The van der Waals surface area contributed by atoms with Crippen molar-refractivity contribution in [3.63, 3.8) is 0 Å². The first-order valence-corrected chi connectivity index (χ1v) is 12.5. The van der Waals surface area contributed by atoms with E-state index in [9.17, 15) is 18.0 Å². The van der Waals surface area contributed by atoms with Gasteiger partial charge in [0.05, 0.1) is 6.61 Å². The number of hydrogen-bond acceptors (Lipinski definition) is 7. The molecule has 10 heteroatoms. The Morgan fingerprint density at radius 1 is 1.05 bits per heavy atom. The maximum atomic E-state index is 12.3. The second-order valence-corrected chi connectivity index (χ2v) is 8.72. The zero-order chi connectivity index (χ0) is 26.7. The molecule has 7 nitrogen and oxygen atoms in total. The minimum absolute atomic E-state index is 0.0893. The monoisotopic (exact) mass is 519 g/mol. The van der Waals surface area contributed by atoms with Crippen LogP contribution < -0.4 is 10.1 Å². The van der Waals surface area contributed by atoms with Crippen LogP contribution in [-0.2, 0) is 16.0 Å². The van der Waals surface area contributed by atoms with Crippen LogP contribution in [0.2, 0.25) is 0 Å². The number of rotatable bonds is 14. The summed E-state index contributed by atoms with van der Waals surface area (Å²) >= 11 is 0. The molecule has 1 atom stereocenters. The molecule has 0 radical (unpaired) electrons. The van der Waals surface area contributed by atoms with E-state index in [4.69, 9.17) is 9.15 Å². The Bertz CT molecular complexity index is 1120. The highest BCUT2D eigenvalue weighted by Crippen LogP contribution is 2.28. The summed E-state index contributed by atoms with van der Waals surface area (Å²) < 4.78 is 52.0. The van der Waals surface area contributed by atoms with Crippen molar-refractivity contribution in [1.82, 2.24) is 10.2 Å². The van der Waals surface area contributed by atoms with Crippen molar-refractivity contribution in [1.29, 1.82) is 0 Å². The summed E-state index contributed by atoms with van der Waals surface area (Å²) in [6.07, 6.45) is 1.17. The highest BCUT2D eigenvalue weighted by Gasteiger charge is 2.31. The summed E-state index contributed by atoms with van der Waals surface area (Å²) in [7, 11) is 0. The Morgan fingerprint density at radius 2 is 1.81 bits per heavy atom. The summed E-state index contributed by atoms with van der Waals surface area (Å²) in [5.74, 6) is 0.183. The van der Waals surface area contributed by atoms with Crippen LogP contribution in [0.25, 0.3) is 11.5 Å². The van der Waals surface area contributed by atoms with E-state index in [0.29, 0.717) is 43.4 Å². The van der Waals surface area contributed by atoms with Crippen LogP contribution >= 0.6 is 0 Å². The number of aryl methyl sites for hydroxylation is 1. The normalized spacial score (nSPS) is 12.2. The summed E-state index contributed by atoms with van der Waals surface area (Å²) in [6.45, 7) is 4.75. The van der Waals surface area contributed by atoms with E-state index in [0.717, 1.165) is 36.8 Å². The lowest BCUT2D eigenvalue weighted by molar-refractivity contribution is -0.274. The number of esters is 1. The van der Waals surface area contributed by atoms with Crippen LogP contribution in [0.1, 0.15) is 57.9 Å². The largest absolute Gasteiger partial charge is 0.573 e. The van der Waals surface area contributed by atoms with Gasteiger partial charge in [-0.2, -0.15) is 0 Å². The van der Waals surface area contributed by atoms with Crippen molar-refractivity contribution in [2.45, 2.75) is 65.2 Å². The molecule has 0 saturated carbocycles. The second kappa shape index (κ2) is 13.7. The first-order chi connectivity index (χ1) is 17.8. The fraction of sp³-hybridized carbons (Fsp3) is 0.444. The summed E-state index contributed by atoms with van der Waals surface area (Å²) in [5.41, 5.74) is 2.15. The number of anilines is 2. The van der Waals surface area contributed by atoms with Gasteiger partial charge in [0, 0.05) is 17.7 Å². The summed E-state index contributed by atoms with van der Waals surface area (Å²) in [6, 6.07) is 12.8. The van der Waals surface area contributed by atoms with Crippen molar-refractivity contribution in [2.75, 3.05) is 11.9 Å². The van der Waals surface area contributed by atoms with Gasteiger partial charge in [-0.25, -0.2) is 0 Å². The van der Waals surface area contributed by atoms with Gasteiger partial charge in [-0.05, 0) is 61.1 Å². The van der Waals surface area contributed by atoms with E-state index >= 15 is 0 Å². The van der Waals surface area contributed by atoms with Crippen LogP contribution in [0.5, 0.6) is 5.75 Å². The maximum Gasteiger partial charge on any atom is 0.573 e. The molecule has 0 saturated heterocycles. The van der Waals surface area contributed by atoms with Crippen molar-refractivity contribution in [2.24, 2.45) is 5.92 Å². The van der Waals surface area contributed by atoms with Crippen molar-refractivity contribution in [3.8, 4) is 17.2 Å². The Hall–Kier alpha value is -3.56. The zero-order valence-electron chi connectivity index (χ0n) is 21.0. The van der Waals surface area contributed by atoms with Crippen molar-refractivity contribution in [3.05, 3.63) is 54.1 Å². The Morgan fingerprint density at radius 3 is 2.51 bits per heavy atom. The number of carbonyl (C=O) groups excluding carboxylic acids is 1. The topological polar surface area (TPSA) is 86.5 Å². The van der Waals surface area contributed by atoms with E-state index in [1.165, 1.54) is 24.3 Å². The van der Waals surface area contributed by atoms with Gasteiger partial charge < -0.3 is 19.2 Å². The molecular weight excluding hydrogens is 487 g/mol. The number of halogens is 3. The van der Waals surface area contributed by atoms with Gasteiger partial charge >= 0.3 is 18.3 Å². The smallest absolute Gasteiger partial charge is 0.465 e. The number of nitrogens with one attached hydrogen (secondary N) is 1. The molecule has 0 aliphatic carbocycles. The molecule has 1 heterocycles. The van der Waals surface area contributed by atoms with Crippen molar-refractivity contribution < 1.29 is 31.9 Å². The third-order valence-electron chi connectivity index (χ3n) is 5.86. The van der Waals surface area contributed by atoms with E-state index in [1.807, 2.05) is 24.3 Å². The van der Waals surface area contributed by atoms with Gasteiger partial charge in [0.1, 0.15) is 5.75 Å². The first-order valence-electron chi connectivity index (χ1n) is 12.5. The highest BCUT2D eigenvalue weighted by molar-refractivity contribution is 5.69. The molecule has 2 aromatic carbocycles. The number of hydrogen-bond donors (Lipinski definition) is 1. The van der Waals surface area contributed by atoms with E-state index in [2.05, 4.69) is 34.1 Å². The molecule has 1 aromatic heterocycles. The Kier molecular flexibility index (Phi) is 10.3. The number of benzene rings is 2. The minimum atomic E-state index is -4.75. The molecule has 37 heavy (non-hydrogen) atoms. The predicted octanol–water partition coefficient (Wildman–Crippen LogP) is 7.46. The second-order valence-electron chi connectivity index (χ2n) is 8.72. The Balaban J connectivity index is 1.53. The standard InChI is InChI=1S/C27H32F3N3O4/c1-3-5-9-19(4-2)18-35-24(34)13-8-11-20-10-6-7-12-23(20)25-32-33-26(36-25)31-21-14-16-22(17-15-21)37-27(28,29)30/h6-7,10,12,14-17,19H,3-5,8-9,11,13,18H2,1-2H3,(H,31,33). The lowest BCUT2D eigenvalue weighted by Crippen LogP contribution is -2.16. The first kappa shape index (κ1) is 28.0. The molecule has 0 amide bonds. The molecule has 3 rings (SSSR count). The van der Waals surface area contributed by atoms with Gasteiger partial charge in [-0.3, -0.25) is 4.79 Å². The number of ether oxygens (including phenoxy) is 2.